The maximum absolute atomic E-state index is 11.9. The molecule has 3 rings (SSSR count). The highest BCUT2D eigenvalue weighted by Crippen LogP contribution is 2.35. The monoisotopic (exact) mass is 427 g/mol. The van der Waals surface area contributed by atoms with Crippen LogP contribution in [0, 0.1) is 6.92 Å². The number of nitrogens with one attached hydrogen (secondary N) is 1. The molecule has 2 aromatic carbocycles. The first-order valence-electron chi connectivity index (χ1n) is 10.1. The number of ether oxygens (including phenoxy) is 2. The number of ketones is 1. The number of hydrogen-bond donors (Lipinski definition) is 2. The van der Waals surface area contributed by atoms with Crippen LogP contribution in [-0.2, 0) is 20.8 Å². The van der Waals surface area contributed by atoms with E-state index in [4.69, 9.17) is 14.3 Å². The molecule has 1 saturated carbocycles. The van der Waals surface area contributed by atoms with Gasteiger partial charge in [0.05, 0.1) is 13.7 Å². The molecule has 0 saturated heterocycles. The van der Waals surface area contributed by atoms with E-state index in [0.29, 0.717) is 23.8 Å². The van der Waals surface area contributed by atoms with Crippen LogP contribution < -0.4 is 14.8 Å². The van der Waals surface area contributed by atoms with E-state index in [1.165, 1.54) is 11.1 Å². The van der Waals surface area contributed by atoms with E-state index in [1.54, 1.807) is 25.3 Å². The summed E-state index contributed by atoms with van der Waals surface area (Å²) >= 11 is 0. The molecular formula is C24H29NO6. The van der Waals surface area contributed by atoms with Crippen molar-refractivity contribution in [1.82, 2.24) is 0 Å². The summed E-state index contributed by atoms with van der Waals surface area (Å²) in [6.45, 7) is 4.53. The van der Waals surface area contributed by atoms with Crippen molar-refractivity contribution < 1.29 is 29.0 Å². The molecule has 0 amide bonds. The van der Waals surface area contributed by atoms with Crippen LogP contribution >= 0.6 is 0 Å². The minimum atomic E-state index is -1.14. The number of anilines is 1. The smallest absolute Gasteiger partial charge is 0.329 e. The fourth-order valence-electron chi connectivity index (χ4n) is 3.64. The molecule has 2 N–H and O–H groups in total. The van der Waals surface area contributed by atoms with Crippen LogP contribution in [0.25, 0.3) is 0 Å². The largest absolute Gasteiger partial charge is 0.493 e. The zero-order valence-electron chi connectivity index (χ0n) is 18.0. The van der Waals surface area contributed by atoms with E-state index in [1.807, 2.05) is 12.9 Å². The van der Waals surface area contributed by atoms with Crippen LogP contribution in [0.3, 0.4) is 0 Å². The second-order valence-electron chi connectivity index (χ2n) is 7.50. The number of aliphatic carboxylic acids is 1. The van der Waals surface area contributed by atoms with Gasteiger partial charge in [0, 0.05) is 31.0 Å². The van der Waals surface area contributed by atoms with E-state index < -0.39 is 11.5 Å². The number of benzene rings is 2. The Labute approximate surface area is 182 Å². The number of carbonyl (C=O) groups is 3. The molecule has 0 atom stereocenters. The number of hydrogen-bond acceptors (Lipinski definition) is 6. The van der Waals surface area contributed by atoms with Crippen molar-refractivity contribution in [3.63, 3.8) is 0 Å². The zero-order chi connectivity index (χ0) is 22.9. The Kier molecular flexibility index (Phi) is 8.61. The molecule has 0 bridgehead atoms. The third kappa shape index (κ3) is 6.31. The van der Waals surface area contributed by atoms with Crippen LogP contribution in [0.2, 0.25) is 0 Å². The van der Waals surface area contributed by atoms with Crippen molar-refractivity contribution in [1.29, 1.82) is 0 Å². The van der Waals surface area contributed by atoms with Crippen LogP contribution in [0.5, 0.6) is 11.5 Å². The van der Waals surface area contributed by atoms with E-state index >= 15 is 0 Å². The maximum atomic E-state index is 11.9. The number of methoxy groups -OCH3 is 1. The average molecular weight is 427 g/mol. The van der Waals surface area contributed by atoms with Gasteiger partial charge in [-0.3, -0.25) is 4.79 Å². The topological polar surface area (TPSA) is 102 Å². The molecule has 7 heteroatoms. The molecule has 31 heavy (non-hydrogen) atoms. The number of carbonyl (C=O) groups excluding carboxylic acids is 2. The molecule has 0 aliphatic heterocycles. The summed E-state index contributed by atoms with van der Waals surface area (Å²) in [5.41, 5.74) is 1.89. The van der Waals surface area contributed by atoms with Crippen molar-refractivity contribution in [2.75, 3.05) is 19.0 Å². The zero-order valence-corrected chi connectivity index (χ0v) is 18.0. The average Bonchev–Trinajstić information content (AvgIpc) is 2.77. The summed E-state index contributed by atoms with van der Waals surface area (Å²) in [4.78, 5) is 31.5. The summed E-state index contributed by atoms with van der Waals surface area (Å²) in [7, 11) is 1.57. The lowest BCUT2D eigenvalue weighted by molar-refractivity contribution is -0.144. The molecule has 7 nitrogen and oxygen atoms in total. The molecule has 0 spiro atoms. The van der Waals surface area contributed by atoms with Gasteiger partial charge in [-0.05, 0) is 37.5 Å². The number of Topliss-reactive ketones (excluding diaryl/α,β-unsaturated/α-hetero) is 1. The second kappa shape index (κ2) is 11.2. The fourth-order valence-corrected chi connectivity index (χ4v) is 3.64. The molecule has 0 unspecified atom stereocenters. The number of aryl methyl sites for hydroxylation is 1. The van der Waals surface area contributed by atoms with E-state index in [0.717, 1.165) is 6.42 Å². The van der Waals surface area contributed by atoms with Crippen molar-refractivity contribution in [3.05, 3.63) is 53.6 Å². The van der Waals surface area contributed by atoms with E-state index in [2.05, 4.69) is 30.4 Å². The lowest BCUT2D eigenvalue weighted by Gasteiger charge is -2.34. The fraction of sp³-hybridized carbons (Fsp3) is 0.375. The summed E-state index contributed by atoms with van der Waals surface area (Å²) in [6.07, 6.45) is 1.85. The first-order valence-corrected chi connectivity index (χ1v) is 10.1. The van der Waals surface area contributed by atoms with Gasteiger partial charge in [0.25, 0.3) is 0 Å². The van der Waals surface area contributed by atoms with E-state index in [9.17, 15) is 14.7 Å². The first-order chi connectivity index (χ1) is 14.9. The maximum Gasteiger partial charge on any atom is 0.329 e. The number of carboxylic acids is 1. The number of rotatable bonds is 8. The molecule has 166 valence electrons. The number of carboxylic acid groups (broad SMARTS) is 1. The van der Waals surface area contributed by atoms with Gasteiger partial charge < -0.3 is 24.7 Å². The quantitative estimate of drug-likeness (QED) is 0.660. The third-order valence-electron chi connectivity index (χ3n) is 5.35. The van der Waals surface area contributed by atoms with Crippen LogP contribution in [0.4, 0.5) is 5.69 Å². The molecule has 1 aliphatic rings. The Morgan fingerprint density at radius 3 is 2.45 bits per heavy atom. The molecular weight excluding hydrogens is 398 g/mol. The second-order valence-corrected chi connectivity index (χ2v) is 7.50. The molecule has 1 aliphatic carbocycles. The van der Waals surface area contributed by atoms with Gasteiger partial charge in [-0.15, -0.1) is 0 Å². The highest BCUT2D eigenvalue weighted by Gasteiger charge is 2.41. The minimum absolute atomic E-state index is 0.110. The lowest BCUT2D eigenvalue weighted by Crippen LogP contribution is -2.49. The summed E-state index contributed by atoms with van der Waals surface area (Å²) in [6, 6.07) is 13.6. The van der Waals surface area contributed by atoms with Crippen molar-refractivity contribution in [2.24, 2.45) is 0 Å². The lowest BCUT2D eigenvalue weighted by atomic mass is 9.81. The van der Waals surface area contributed by atoms with E-state index in [-0.39, 0.29) is 31.5 Å². The Balaban J connectivity index is 0.00000166. The molecule has 2 aromatic rings. The van der Waals surface area contributed by atoms with Crippen LogP contribution in [0.1, 0.15) is 36.8 Å². The normalized spacial score (nSPS) is 14.7. The van der Waals surface area contributed by atoms with Crippen molar-refractivity contribution in [2.45, 2.75) is 44.6 Å². The van der Waals surface area contributed by atoms with Gasteiger partial charge in [-0.25, -0.2) is 4.79 Å². The molecule has 0 heterocycles. The summed E-state index contributed by atoms with van der Waals surface area (Å²) in [5, 5.41) is 12.9. The van der Waals surface area contributed by atoms with Gasteiger partial charge in [-0.2, -0.15) is 0 Å². The SMILES string of the molecule is C=O.COc1ccc(NC2(C(=O)O)CCC(=O)CC2)cc1OCCc1cccc(C)c1. The van der Waals surface area contributed by atoms with Crippen molar-refractivity contribution >= 4 is 24.2 Å². The Bertz CT molecular complexity index is 901. The van der Waals surface area contributed by atoms with Crippen molar-refractivity contribution in [3.8, 4) is 11.5 Å². The Morgan fingerprint density at radius 1 is 1.13 bits per heavy atom. The molecule has 1 fully saturated rings. The molecule has 0 aromatic heterocycles. The summed E-state index contributed by atoms with van der Waals surface area (Å²) in [5.74, 6) is 0.307. The Morgan fingerprint density at radius 2 is 1.84 bits per heavy atom. The van der Waals surface area contributed by atoms with Crippen LogP contribution in [0.15, 0.2) is 42.5 Å². The van der Waals surface area contributed by atoms with Gasteiger partial charge in [0.1, 0.15) is 18.1 Å². The van der Waals surface area contributed by atoms with Gasteiger partial charge in [0.2, 0.25) is 0 Å². The highest BCUT2D eigenvalue weighted by molar-refractivity contribution is 5.88. The predicted octanol–water partition coefficient (Wildman–Crippen LogP) is 3.82. The predicted molar refractivity (Wildman–Crippen MR) is 118 cm³/mol. The first kappa shape index (κ1) is 23.9. The standard InChI is InChI=1S/C23H27NO5.CH2O/c1-16-4-3-5-17(14-16)10-13-29-21-15-18(6-7-20(21)28-2)24-23(22(26)27)11-8-19(25)9-12-23;1-2/h3-7,14-15,24H,8-13H2,1-2H3,(H,26,27);1H2. The minimum Gasteiger partial charge on any atom is -0.493 e. The third-order valence-corrected chi connectivity index (χ3v) is 5.35. The van der Waals surface area contributed by atoms with Gasteiger partial charge in [-0.1, -0.05) is 29.8 Å². The van der Waals surface area contributed by atoms with Crippen LogP contribution in [-0.4, -0.2) is 42.9 Å². The van der Waals surface area contributed by atoms with Gasteiger partial charge >= 0.3 is 5.97 Å². The summed E-state index contributed by atoms with van der Waals surface area (Å²) < 4.78 is 11.3. The highest BCUT2D eigenvalue weighted by atomic mass is 16.5. The molecule has 0 radical (unpaired) electrons. The van der Waals surface area contributed by atoms with Gasteiger partial charge in [0.15, 0.2) is 11.5 Å². The Hall–Kier alpha value is -3.35.